The predicted molar refractivity (Wildman–Crippen MR) is 97.1 cm³/mol. The molecule has 0 fully saturated rings. The third-order valence-corrected chi connectivity index (χ3v) is 5.51. The van der Waals surface area contributed by atoms with Crippen LogP contribution in [-0.2, 0) is 9.36 Å². The number of aliphatic hydroxyl groups is 1. The van der Waals surface area contributed by atoms with E-state index in [1.165, 1.54) is 0 Å². The molecule has 0 amide bonds. The zero-order chi connectivity index (χ0) is 18.3. The molecule has 0 aliphatic rings. The number of rotatable bonds is 9. The van der Waals surface area contributed by atoms with Gasteiger partial charge < -0.3 is 14.2 Å². The van der Waals surface area contributed by atoms with Crippen LogP contribution in [-0.4, -0.2) is 23.2 Å². The fourth-order valence-corrected chi connectivity index (χ4v) is 3.99. The predicted octanol–water partition coefficient (Wildman–Crippen LogP) is 4.31. The maximum Gasteiger partial charge on any atom is 0.438 e. The van der Waals surface area contributed by atoms with E-state index in [9.17, 15) is 14.5 Å². The van der Waals surface area contributed by atoms with Crippen molar-refractivity contribution in [1.82, 2.24) is 0 Å². The van der Waals surface area contributed by atoms with Crippen molar-refractivity contribution in [3.8, 4) is 11.5 Å². The van der Waals surface area contributed by atoms with E-state index in [1.54, 1.807) is 74.5 Å². The Bertz CT molecular complexity index is 672. The second kappa shape index (κ2) is 8.84. The Balaban J connectivity index is 2.22. The molecule has 0 unspecified atom stereocenters. The van der Waals surface area contributed by atoms with Gasteiger partial charge in [0.25, 0.3) is 0 Å². The molecular weight excluding hydrogens is 339 g/mol. The molecule has 2 rings (SSSR count). The van der Waals surface area contributed by atoms with Gasteiger partial charge in [-0.25, -0.2) is 4.57 Å². The topological polar surface area (TPSA) is 72.8 Å². The minimum absolute atomic E-state index is 0.357. The normalized spacial score (nSPS) is 13.7. The van der Waals surface area contributed by atoms with Gasteiger partial charge in [-0.15, -0.1) is 0 Å². The van der Waals surface area contributed by atoms with Gasteiger partial charge in [0.2, 0.25) is 0 Å². The van der Waals surface area contributed by atoms with Crippen LogP contribution in [0.4, 0.5) is 0 Å². The summed E-state index contributed by atoms with van der Waals surface area (Å²) in [5.41, 5.74) is 0. The van der Waals surface area contributed by atoms with E-state index in [4.69, 9.17) is 9.05 Å². The summed E-state index contributed by atoms with van der Waals surface area (Å²) in [4.78, 5) is 12.4. The van der Waals surface area contributed by atoms with Crippen LogP contribution in [0.25, 0.3) is 0 Å². The molecule has 0 saturated heterocycles. The molecule has 1 N–H and O–H groups in total. The Morgan fingerprint density at radius 2 is 1.44 bits per heavy atom. The Morgan fingerprint density at radius 1 is 1.00 bits per heavy atom. The summed E-state index contributed by atoms with van der Waals surface area (Å²) in [6.45, 7) is 3.40. The highest BCUT2D eigenvalue weighted by atomic mass is 31.2. The van der Waals surface area contributed by atoms with Crippen molar-refractivity contribution in [2.75, 3.05) is 6.16 Å². The molecule has 2 aromatic carbocycles. The van der Waals surface area contributed by atoms with Crippen LogP contribution in [0.3, 0.4) is 0 Å². The third kappa shape index (κ3) is 5.73. The molecule has 6 heteroatoms. The first-order valence-electron chi connectivity index (χ1n) is 8.22. The highest BCUT2D eigenvalue weighted by Gasteiger charge is 2.35. The van der Waals surface area contributed by atoms with Crippen molar-refractivity contribution in [3.05, 3.63) is 60.7 Å². The number of hydrogen-bond donors (Lipinski definition) is 1. The fourth-order valence-electron chi connectivity index (χ4n) is 2.27. The number of hydrogen-bond acceptors (Lipinski definition) is 5. The lowest BCUT2D eigenvalue weighted by atomic mass is 9.99. The Labute approximate surface area is 148 Å². The smallest absolute Gasteiger partial charge is 0.416 e. The first-order chi connectivity index (χ1) is 11.9. The van der Waals surface area contributed by atoms with Gasteiger partial charge in [0.15, 0.2) is 5.78 Å². The molecule has 0 radical (unpaired) electrons. The number of para-hydroxylation sites is 2. The van der Waals surface area contributed by atoms with E-state index in [0.29, 0.717) is 17.9 Å². The summed E-state index contributed by atoms with van der Waals surface area (Å²) in [5, 5.41) is 9.88. The number of aliphatic hydroxyl groups excluding tert-OH is 1. The molecule has 2 atom stereocenters. The molecule has 25 heavy (non-hydrogen) atoms. The number of Topliss-reactive ketones (excluding diaryl/α,β-unsaturated/α-hetero) is 1. The van der Waals surface area contributed by atoms with Crippen molar-refractivity contribution >= 4 is 13.4 Å². The highest BCUT2D eigenvalue weighted by Crippen LogP contribution is 2.48. The molecule has 2 aromatic rings. The Hall–Kier alpha value is -2.10. The summed E-state index contributed by atoms with van der Waals surface area (Å²) < 4.78 is 24.4. The van der Waals surface area contributed by atoms with Gasteiger partial charge in [-0.1, -0.05) is 50.2 Å². The summed E-state index contributed by atoms with van der Waals surface area (Å²) in [6, 6.07) is 17.2. The molecular formula is C19H23O5P. The van der Waals surface area contributed by atoms with Crippen molar-refractivity contribution in [2.24, 2.45) is 5.92 Å². The lowest BCUT2D eigenvalue weighted by Crippen LogP contribution is -2.28. The van der Waals surface area contributed by atoms with Gasteiger partial charge in [-0.2, -0.15) is 0 Å². The second-order valence-electron chi connectivity index (χ2n) is 5.81. The van der Waals surface area contributed by atoms with E-state index >= 15 is 0 Å². The largest absolute Gasteiger partial charge is 0.438 e. The standard InChI is InChI=1S/C19H23O5P/c1-3-18(20)15(2)19(21)14-25(22,23-16-10-6-4-7-11-16)24-17-12-8-5-9-13-17/h4-13,15,18,20H,3,14H2,1-2H3/t15-,18+/m1/s1. The number of carbonyl (C=O) groups is 1. The number of carbonyl (C=O) groups excluding carboxylic acids is 1. The molecule has 0 spiro atoms. The van der Waals surface area contributed by atoms with Gasteiger partial charge in [-0.3, -0.25) is 4.79 Å². The number of benzene rings is 2. The van der Waals surface area contributed by atoms with Crippen LogP contribution in [0.2, 0.25) is 0 Å². The van der Waals surface area contributed by atoms with Crippen LogP contribution in [0.1, 0.15) is 20.3 Å². The maximum atomic E-state index is 13.2. The molecule has 0 bridgehead atoms. The van der Waals surface area contributed by atoms with Crippen molar-refractivity contribution < 1.29 is 23.5 Å². The van der Waals surface area contributed by atoms with Gasteiger partial charge in [0.1, 0.15) is 17.7 Å². The van der Waals surface area contributed by atoms with Crippen LogP contribution in [0, 0.1) is 5.92 Å². The fraction of sp³-hybridized carbons (Fsp3) is 0.316. The van der Waals surface area contributed by atoms with Gasteiger partial charge >= 0.3 is 7.60 Å². The van der Waals surface area contributed by atoms with Crippen LogP contribution in [0.15, 0.2) is 60.7 Å². The summed E-state index contributed by atoms with van der Waals surface area (Å²) in [7, 11) is -3.78. The molecule has 5 nitrogen and oxygen atoms in total. The summed E-state index contributed by atoms with van der Waals surface area (Å²) in [5.74, 6) is -0.280. The Morgan fingerprint density at radius 3 is 1.84 bits per heavy atom. The van der Waals surface area contributed by atoms with Gasteiger partial charge in [-0.05, 0) is 30.7 Å². The van der Waals surface area contributed by atoms with Gasteiger partial charge in [0.05, 0.1) is 6.10 Å². The van der Waals surface area contributed by atoms with Crippen LogP contribution in [0.5, 0.6) is 11.5 Å². The summed E-state index contributed by atoms with van der Waals surface area (Å²) in [6.07, 6.45) is -0.750. The molecule has 134 valence electrons. The minimum atomic E-state index is -3.78. The second-order valence-corrected chi connectivity index (χ2v) is 7.71. The average molecular weight is 362 g/mol. The first kappa shape index (κ1) is 19.2. The zero-order valence-electron chi connectivity index (χ0n) is 14.4. The number of ketones is 1. The molecule has 0 saturated carbocycles. The molecule has 0 heterocycles. The third-order valence-electron chi connectivity index (χ3n) is 3.83. The van der Waals surface area contributed by atoms with E-state index in [-0.39, 0.29) is 5.78 Å². The van der Waals surface area contributed by atoms with Crippen LogP contribution < -0.4 is 9.05 Å². The van der Waals surface area contributed by atoms with Crippen molar-refractivity contribution in [3.63, 3.8) is 0 Å². The van der Waals surface area contributed by atoms with Crippen molar-refractivity contribution in [2.45, 2.75) is 26.4 Å². The van der Waals surface area contributed by atoms with Crippen LogP contribution >= 0.6 is 7.60 Å². The minimum Gasteiger partial charge on any atom is -0.416 e. The monoisotopic (exact) mass is 362 g/mol. The molecule has 0 aliphatic heterocycles. The van der Waals surface area contributed by atoms with Gasteiger partial charge in [0, 0.05) is 5.92 Å². The quantitative estimate of drug-likeness (QED) is 0.673. The maximum absolute atomic E-state index is 13.2. The highest BCUT2D eigenvalue weighted by molar-refractivity contribution is 7.55. The Kier molecular flexibility index (Phi) is 6.80. The van der Waals surface area contributed by atoms with E-state index in [0.717, 1.165) is 0 Å². The first-order valence-corrected chi connectivity index (χ1v) is 9.95. The lowest BCUT2D eigenvalue weighted by molar-refractivity contribution is -0.123. The van der Waals surface area contributed by atoms with Crippen molar-refractivity contribution in [1.29, 1.82) is 0 Å². The lowest BCUT2D eigenvalue weighted by Gasteiger charge is -2.22. The average Bonchev–Trinajstić information content (AvgIpc) is 2.61. The molecule has 0 aromatic heterocycles. The zero-order valence-corrected chi connectivity index (χ0v) is 15.3. The summed E-state index contributed by atoms with van der Waals surface area (Å²) >= 11 is 0. The van der Waals surface area contributed by atoms with E-state index in [1.807, 2.05) is 0 Å². The van der Waals surface area contributed by atoms with E-state index in [2.05, 4.69) is 0 Å². The molecule has 0 aliphatic carbocycles. The SMILES string of the molecule is CC[C@H](O)[C@@H](C)C(=O)CP(=O)(Oc1ccccc1)Oc1ccccc1. The van der Waals surface area contributed by atoms with E-state index < -0.39 is 25.8 Å².